The lowest BCUT2D eigenvalue weighted by atomic mass is 9.65. The Morgan fingerprint density at radius 1 is 1.35 bits per heavy atom. The van der Waals surface area contributed by atoms with Crippen LogP contribution in [0.25, 0.3) is 0 Å². The fourth-order valence-electron chi connectivity index (χ4n) is 2.45. The normalized spacial score (nSPS) is 25.1. The average molecular weight is 299 g/mol. The largest absolute Gasteiger partial charge is 0.508 e. The Labute approximate surface area is 120 Å². The van der Waals surface area contributed by atoms with E-state index in [4.69, 9.17) is 4.74 Å². The van der Waals surface area contributed by atoms with Crippen LogP contribution in [0.2, 0.25) is 0 Å². The molecule has 2 atom stereocenters. The van der Waals surface area contributed by atoms with Crippen molar-refractivity contribution in [3.8, 4) is 5.75 Å². The molecule has 2 N–H and O–H groups in total. The Hall–Kier alpha value is -1.11. The maximum Gasteiger partial charge on any atom is 0.240 e. The minimum atomic E-state index is -3.56. The molecule has 112 valence electrons. The maximum absolute atomic E-state index is 12.3. The van der Waals surface area contributed by atoms with Crippen molar-refractivity contribution in [2.45, 2.75) is 44.2 Å². The maximum atomic E-state index is 12.3. The van der Waals surface area contributed by atoms with Crippen LogP contribution in [0.1, 0.15) is 27.2 Å². The van der Waals surface area contributed by atoms with Crippen molar-refractivity contribution < 1.29 is 18.3 Å². The number of nitrogens with one attached hydrogen (secondary N) is 1. The van der Waals surface area contributed by atoms with Crippen molar-refractivity contribution in [2.75, 3.05) is 6.61 Å². The fourth-order valence-corrected chi connectivity index (χ4v) is 3.86. The summed E-state index contributed by atoms with van der Waals surface area (Å²) in [5.41, 5.74) is -0.222. The molecule has 0 saturated heterocycles. The first kappa shape index (κ1) is 15.3. The van der Waals surface area contributed by atoms with E-state index in [1.54, 1.807) is 0 Å². The van der Waals surface area contributed by atoms with E-state index >= 15 is 0 Å². The molecule has 1 saturated carbocycles. The molecule has 1 aliphatic rings. The predicted octanol–water partition coefficient (Wildman–Crippen LogP) is 1.87. The lowest BCUT2D eigenvalue weighted by molar-refractivity contribution is -0.108. The highest BCUT2D eigenvalue weighted by atomic mass is 32.2. The van der Waals surface area contributed by atoms with Crippen LogP contribution in [0.3, 0.4) is 0 Å². The summed E-state index contributed by atoms with van der Waals surface area (Å²) >= 11 is 0. The minimum absolute atomic E-state index is 0.0457. The van der Waals surface area contributed by atoms with Crippen molar-refractivity contribution in [1.29, 1.82) is 0 Å². The smallest absolute Gasteiger partial charge is 0.240 e. The molecule has 0 amide bonds. The number of phenolic OH excluding ortho intramolecular Hbond substituents is 1. The SMILES string of the molecule is CCOC1CC(NS(=O)(=O)c2ccc(O)cc2)C1(C)C. The van der Waals surface area contributed by atoms with Crippen molar-refractivity contribution in [2.24, 2.45) is 5.41 Å². The summed E-state index contributed by atoms with van der Waals surface area (Å²) in [5.74, 6) is 0.0457. The van der Waals surface area contributed by atoms with Gasteiger partial charge in [0.25, 0.3) is 0 Å². The van der Waals surface area contributed by atoms with E-state index in [1.165, 1.54) is 24.3 Å². The van der Waals surface area contributed by atoms with Gasteiger partial charge in [-0.15, -0.1) is 0 Å². The summed E-state index contributed by atoms with van der Waals surface area (Å²) in [4.78, 5) is 0.158. The third kappa shape index (κ3) is 2.82. The molecule has 5 nitrogen and oxygen atoms in total. The van der Waals surface area contributed by atoms with E-state index in [0.717, 1.165) is 0 Å². The molecule has 0 aromatic heterocycles. The Balaban J connectivity index is 2.09. The average Bonchev–Trinajstić information content (AvgIpc) is 2.38. The molecule has 1 aromatic rings. The van der Waals surface area contributed by atoms with Crippen molar-refractivity contribution in [3.05, 3.63) is 24.3 Å². The van der Waals surface area contributed by atoms with Crippen molar-refractivity contribution in [3.63, 3.8) is 0 Å². The number of ether oxygens (including phenoxy) is 1. The van der Waals surface area contributed by atoms with Crippen LogP contribution in [-0.4, -0.2) is 32.3 Å². The number of sulfonamides is 1. The molecule has 0 spiro atoms. The van der Waals surface area contributed by atoms with E-state index in [0.29, 0.717) is 13.0 Å². The van der Waals surface area contributed by atoms with Crippen LogP contribution in [0.4, 0.5) is 0 Å². The second-order valence-electron chi connectivity index (χ2n) is 5.67. The summed E-state index contributed by atoms with van der Waals surface area (Å²) in [6.07, 6.45) is 0.762. The molecule has 6 heteroatoms. The molecule has 1 aliphatic carbocycles. The quantitative estimate of drug-likeness (QED) is 0.870. The highest BCUT2D eigenvalue weighted by molar-refractivity contribution is 7.89. The van der Waals surface area contributed by atoms with E-state index < -0.39 is 10.0 Å². The molecule has 0 heterocycles. The van der Waals surface area contributed by atoms with E-state index in [9.17, 15) is 13.5 Å². The van der Waals surface area contributed by atoms with Crippen LogP contribution in [0.15, 0.2) is 29.2 Å². The first-order valence-electron chi connectivity index (χ1n) is 6.70. The Morgan fingerprint density at radius 3 is 2.45 bits per heavy atom. The zero-order valence-corrected chi connectivity index (χ0v) is 12.8. The molecule has 0 aliphatic heterocycles. The van der Waals surface area contributed by atoms with Crippen LogP contribution in [-0.2, 0) is 14.8 Å². The Morgan fingerprint density at radius 2 is 1.95 bits per heavy atom. The number of benzene rings is 1. The first-order valence-corrected chi connectivity index (χ1v) is 8.18. The summed E-state index contributed by atoms with van der Waals surface area (Å²) in [6.45, 7) is 6.57. The van der Waals surface area contributed by atoms with Gasteiger partial charge in [-0.05, 0) is 37.6 Å². The lowest BCUT2D eigenvalue weighted by Gasteiger charge is -2.51. The third-order valence-corrected chi connectivity index (χ3v) is 5.48. The molecule has 0 bridgehead atoms. The summed E-state index contributed by atoms with van der Waals surface area (Å²) in [7, 11) is -3.56. The highest BCUT2D eigenvalue weighted by Gasteiger charge is 2.50. The molecule has 20 heavy (non-hydrogen) atoms. The zero-order chi connectivity index (χ0) is 15.0. The lowest BCUT2D eigenvalue weighted by Crippen LogP contribution is -2.61. The molecular weight excluding hydrogens is 278 g/mol. The summed E-state index contributed by atoms with van der Waals surface area (Å²) in [6, 6.07) is 5.37. The standard InChI is InChI=1S/C14H21NO4S/c1-4-19-13-9-12(14(13,2)3)15-20(17,18)11-7-5-10(16)6-8-11/h5-8,12-13,15-16H,4,9H2,1-3H3. The van der Waals surface area contributed by atoms with Gasteiger partial charge in [0.05, 0.1) is 11.0 Å². The number of aromatic hydroxyl groups is 1. The van der Waals surface area contributed by atoms with Gasteiger partial charge in [0.15, 0.2) is 0 Å². The van der Waals surface area contributed by atoms with Gasteiger partial charge in [0.1, 0.15) is 5.75 Å². The number of hydrogen-bond acceptors (Lipinski definition) is 4. The predicted molar refractivity (Wildman–Crippen MR) is 76.0 cm³/mol. The van der Waals surface area contributed by atoms with Gasteiger partial charge < -0.3 is 9.84 Å². The number of rotatable bonds is 5. The van der Waals surface area contributed by atoms with Crippen LogP contribution in [0.5, 0.6) is 5.75 Å². The van der Waals surface area contributed by atoms with E-state index in [-0.39, 0.29) is 28.2 Å². The molecule has 1 fully saturated rings. The first-order chi connectivity index (χ1) is 9.27. The van der Waals surface area contributed by atoms with E-state index in [1.807, 2.05) is 20.8 Å². The van der Waals surface area contributed by atoms with Gasteiger partial charge in [-0.2, -0.15) is 0 Å². The summed E-state index contributed by atoms with van der Waals surface area (Å²) in [5, 5.41) is 9.21. The highest BCUT2D eigenvalue weighted by Crippen LogP contribution is 2.43. The molecule has 2 rings (SSSR count). The Kier molecular flexibility index (Phi) is 4.09. The van der Waals surface area contributed by atoms with Gasteiger partial charge in [-0.3, -0.25) is 0 Å². The van der Waals surface area contributed by atoms with Gasteiger partial charge >= 0.3 is 0 Å². The second kappa shape index (κ2) is 5.35. The third-order valence-electron chi connectivity index (χ3n) is 3.99. The van der Waals surface area contributed by atoms with Gasteiger partial charge in [0.2, 0.25) is 10.0 Å². The monoisotopic (exact) mass is 299 g/mol. The second-order valence-corrected chi connectivity index (χ2v) is 7.38. The van der Waals surface area contributed by atoms with Gasteiger partial charge in [-0.25, -0.2) is 13.1 Å². The minimum Gasteiger partial charge on any atom is -0.508 e. The van der Waals surface area contributed by atoms with E-state index in [2.05, 4.69) is 4.72 Å². The van der Waals surface area contributed by atoms with Gasteiger partial charge in [0, 0.05) is 18.1 Å². The number of phenols is 1. The van der Waals surface area contributed by atoms with Gasteiger partial charge in [-0.1, -0.05) is 13.8 Å². The zero-order valence-electron chi connectivity index (χ0n) is 12.0. The van der Waals surface area contributed by atoms with Crippen LogP contribution >= 0.6 is 0 Å². The summed E-state index contributed by atoms with van der Waals surface area (Å²) < 4.78 is 32.8. The topological polar surface area (TPSA) is 75.6 Å². The van der Waals surface area contributed by atoms with Crippen molar-refractivity contribution >= 4 is 10.0 Å². The number of hydrogen-bond donors (Lipinski definition) is 2. The van der Waals surface area contributed by atoms with Crippen LogP contribution in [0, 0.1) is 5.41 Å². The van der Waals surface area contributed by atoms with Crippen LogP contribution < -0.4 is 4.72 Å². The molecule has 0 radical (unpaired) electrons. The molecule has 1 aromatic carbocycles. The molecular formula is C14H21NO4S. The molecule has 2 unspecified atom stereocenters. The fraction of sp³-hybridized carbons (Fsp3) is 0.571. The Bertz CT molecular complexity index is 565. The van der Waals surface area contributed by atoms with Crippen molar-refractivity contribution in [1.82, 2.24) is 4.72 Å².